The van der Waals surface area contributed by atoms with E-state index in [1.54, 1.807) is 5.38 Å². The molecule has 1 amide bonds. The summed E-state index contributed by atoms with van der Waals surface area (Å²) in [6, 6.07) is 1.81. The average Bonchev–Trinajstić information content (AvgIpc) is 2.83. The molecule has 19 heavy (non-hydrogen) atoms. The highest BCUT2D eigenvalue weighted by Gasteiger charge is 2.39. The lowest BCUT2D eigenvalue weighted by Gasteiger charge is -2.33. The van der Waals surface area contributed by atoms with E-state index in [9.17, 15) is 14.7 Å². The second-order valence-corrected chi connectivity index (χ2v) is 7.77. The van der Waals surface area contributed by atoms with Crippen LogP contribution < -0.4 is 5.32 Å². The molecule has 0 radical (unpaired) electrons. The summed E-state index contributed by atoms with van der Waals surface area (Å²) in [5.74, 6) is -0.960. The number of aliphatic carboxylic acids is 1. The van der Waals surface area contributed by atoms with Crippen LogP contribution in [0.5, 0.6) is 0 Å². The summed E-state index contributed by atoms with van der Waals surface area (Å²) < 4.78 is 1.05. The molecule has 4 nitrogen and oxygen atoms in total. The first-order valence-electron chi connectivity index (χ1n) is 6.29. The van der Waals surface area contributed by atoms with Gasteiger partial charge in [-0.15, -0.1) is 11.3 Å². The summed E-state index contributed by atoms with van der Waals surface area (Å²) in [4.78, 5) is 23.4. The van der Waals surface area contributed by atoms with Crippen molar-refractivity contribution in [2.75, 3.05) is 6.54 Å². The third-order valence-electron chi connectivity index (χ3n) is 3.68. The molecule has 1 saturated carbocycles. The van der Waals surface area contributed by atoms with Crippen molar-refractivity contribution in [3.63, 3.8) is 0 Å². The van der Waals surface area contributed by atoms with Crippen molar-refractivity contribution in [3.8, 4) is 0 Å². The van der Waals surface area contributed by atoms with Crippen molar-refractivity contribution in [2.45, 2.75) is 32.1 Å². The molecule has 0 aliphatic heterocycles. The maximum Gasteiger partial charge on any atom is 0.311 e. The van der Waals surface area contributed by atoms with Gasteiger partial charge in [-0.1, -0.05) is 19.3 Å². The first-order valence-corrected chi connectivity index (χ1v) is 8.25. The maximum atomic E-state index is 12.0. The van der Waals surface area contributed by atoms with Crippen LogP contribution in [0.1, 0.15) is 42.5 Å². The minimum absolute atomic E-state index is 0.176. The zero-order valence-corrected chi connectivity index (χ0v) is 13.4. The van der Waals surface area contributed by atoms with E-state index in [0.29, 0.717) is 18.4 Å². The van der Waals surface area contributed by atoms with Gasteiger partial charge in [-0.2, -0.15) is 0 Å². The highest BCUT2D eigenvalue weighted by Crippen LogP contribution is 2.36. The van der Waals surface area contributed by atoms with Crippen LogP contribution in [0.25, 0.3) is 0 Å². The van der Waals surface area contributed by atoms with Crippen molar-refractivity contribution >= 4 is 45.8 Å². The molecule has 1 fully saturated rings. The van der Waals surface area contributed by atoms with Crippen LogP contribution >= 0.6 is 33.9 Å². The van der Waals surface area contributed by atoms with Gasteiger partial charge in [-0.25, -0.2) is 0 Å². The van der Waals surface area contributed by atoms with Gasteiger partial charge in [0.2, 0.25) is 0 Å². The number of hydrogen-bond acceptors (Lipinski definition) is 3. The molecule has 0 aromatic carbocycles. The molecule has 1 heterocycles. The number of hydrogen-bond donors (Lipinski definition) is 2. The first-order chi connectivity index (χ1) is 9.03. The second-order valence-electron chi connectivity index (χ2n) is 4.97. The summed E-state index contributed by atoms with van der Waals surface area (Å²) in [7, 11) is 0. The van der Waals surface area contributed by atoms with Crippen LogP contribution in [-0.2, 0) is 4.79 Å². The summed E-state index contributed by atoms with van der Waals surface area (Å²) >= 11 is 3.67. The minimum atomic E-state index is -0.785. The first kappa shape index (κ1) is 14.8. The van der Waals surface area contributed by atoms with Crippen LogP contribution in [0.15, 0.2) is 11.4 Å². The average molecular weight is 393 g/mol. The normalized spacial score (nSPS) is 17.9. The zero-order valence-electron chi connectivity index (χ0n) is 10.4. The third kappa shape index (κ3) is 3.47. The molecule has 6 heteroatoms. The number of amides is 1. The van der Waals surface area contributed by atoms with Crippen molar-refractivity contribution in [2.24, 2.45) is 5.41 Å². The van der Waals surface area contributed by atoms with Crippen LogP contribution in [0, 0.1) is 8.30 Å². The molecule has 0 bridgehead atoms. The van der Waals surface area contributed by atoms with Gasteiger partial charge >= 0.3 is 5.97 Å². The van der Waals surface area contributed by atoms with Crippen molar-refractivity contribution in [3.05, 3.63) is 19.9 Å². The molecule has 2 rings (SSSR count). The Bertz CT molecular complexity index is 480. The van der Waals surface area contributed by atoms with E-state index in [0.717, 1.165) is 22.1 Å². The Morgan fingerprint density at radius 2 is 2.05 bits per heavy atom. The van der Waals surface area contributed by atoms with Crippen LogP contribution in [-0.4, -0.2) is 23.5 Å². The summed E-state index contributed by atoms with van der Waals surface area (Å²) in [6.07, 6.45) is 4.26. The molecule has 0 atom stereocenters. The SMILES string of the molecule is O=C(NCC1(C(=O)O)CCCCC1)c1csc(I)c1. The minimum Gasteiger partial charge on any atom is -0.481 e. The monoisotopic (exact) mass is 393 g/mol. The molecule has 1 aromatic heterocycles. The zero-order chi connectivity index (χ0) is 13.9. The van der Waals surface area contributed by atoms with Gasteiger partial charge in [0.1, 0.15) is 0 Å². The summed E-state index contributed by atoms with van der Waals surface area (Å²) in [5, 5.41) is 14.0. The topological polar surface area (TPSA) is 66.4 Å². The molecule has 104 valence electrons. The molecular formula is C13H16INO3S. The van der Waals surface area contributed by atoms with E-state index in [4.69, 9.17) is 0 Å². The quantitative estimate of drug-likeness (QED) is 0.773. The highest BCUT2D eigenvalue weighted by atomic mass is 127. The summed E-state index contributed by atoms with van der Waals surface area (Å²) in [5.41, 5.74) is -0.150. The number of halogens is 1. The lowest BCUT2D eigenvalue weighted by molar-refractivity contribution is -0.150. The fraction of sp³-hybridized carbons (Fsp3) is 0.538. The second kappa shape index (κ2) is 6.21. The van der Waals surface area contributed by atoms with Crippen LogP contribution in [0.4, 0.5) is 0 Å². The van der Waals surface area contributed by atoms with Crippen molar-refractivity contribution < 1.29 is 14.7 Å². The van der Waals surface area contributed by atoms with Gasteiger partial charge in [-0.05, 0) is 41.5 Å². The molecule has 0 unspecified atom stereocenters. The number of thiophene rings is 1. The van der Waals surface area contributed by atoms with E-state index in [2.05, 4.69) is 27.9 Å². The van der Waals surface area contributed by atoms with Gasteiger partial charge in [-0.3, -0.25) is 9.59 Å². The largest absolute Gasteiger partial charge is 0.481 e. The van der Waals surface area contributed by atoms with Crippen molar-refractivity contribution in [1.29, 1.82) is 0 Å². The van der Waals surface area contributed by atoms with E-state index in [1.165, 1.54) is 11.3 Å². The maximum absolute atomic E-state index is 12.0. The molecule has 2 N–H and O–H groups in total. The molecule has 0 saturated heterocycles. The number of carbonyl (C=O) groups excluding carboxylic acids is 1. The Kier molecular flexibility index (Phi) is 4.83. The Morgan fingerprint density at radius 1 is 1.37 bits per heavy atom. The fourth-order valence-corrected chi connectivity index (χ4v) is 3.80. The predicted molar refractivity (Wildman–Crippen MR) is 82.5 cm³/mol. The fourth-order valence-electron chi connectivity index (χ4n) is 2.48. The number of nitrogens with one attached hydrogen (secondary N) is 1. The van der Waals surface area contributed by atoms with Gasteiger partial charge in [0.25, 0.3) is 5.91 Å². The number of rotatable bonds is 4. The summed E-state index contributed by atoms with van der Waals surface area (Å²) in [6.45, 7) is 0.230. The van der Waals surface area contributed by atoms with Gasteiger partial charge < -0.3 is 10.4 Å². The predicted octanol–water partition coefficient (Wildman–Crippen LogP) is 3.12. The highest BCUT2D eigenvalue weighted by molar-refractivity contribution is 14.1. The van der Waals surface area contributed by atoms with Crippen LogP contribution in [0.3, 0.4) is 0 Å². The Labute approximate surface area is 129 Å². The van der Waals surface area contributed by atoms with Gasteiger partial charge in [0.15, 0.2) is 0 Å². The smallest absolute Gasteiger partial charge is 0.311 e. The number of carboxylic acids is 1. The van der Waals surface area contributed by atoms with Gasteiger partial charge in [0, 0.05) is 11.9 Å². The molecule has 1 aliphatic rings. The third-order valence-corrected chi connectivity index (χ3v) is 5.47. The lowest BCUT2D eigenvalue weighted by Crippen LogP contribution is -2.44. The van der Waals surface area contributed by atoms with E-state index in [-0.39, 0.29) is 12.5 Å². The molecule has 1 aliphatic carbocycles. The van der Waals surface area contributed by atoms with Crippen molar-refractivity contribution in [1.82, 2.24) is 5.32 Å². The van der Waals surface area contributed by atoms with E-state index in [1.807, 2.05) is 6.07 Å². The number of carboxylic acid groups (broad SMARTS) is 1. The van der Waals surface area contributed by atoms with Gasteiger partial charge in [0.05, 0.1) is 13.9 Å². The Morgan fingerprint density at radius 3 is 2.58 bits per heavy atom. The molecule has 1 aromatic rings. The Hall–Kier alpha value is -0.630. The standard InChI is InChI=1S/C13H16INO3S/c14-10-6-9(7-19-10)11(16)15-8-13(12(17)18)4-2-1-3-5-13/h6-7H,1-5,8H2,(H,15,16)(H,17,18). The van der Waals surface area contributed by atoms with E-state index >= 15 is 0 Å². The lowest BCUT2D eigenvalue weighted by atomic mass is 9.74. The van der Waals surface area contributed by atoms with Crippen LogP contribution in [0.2, 0.25) is 0 Å². The molecular weight excluding hydrogens is 377 g/mol. The Balaban J connectivity index is 1.99. The molecule has 0 spiro atoms. The number of carbonyl (C=O) groups is 2. The van der Waals surface area contributed by atoms with E-state index < -0.39 is 11.4 Å².